The molecule has 1 atom stereocenters. The van der Waals surface area contributed by atoms with Gasteiger partial charge in [-0.05, 0) is 19.8 Å². The van der Waals surface area contributed by atoms with Crippen LogP contribution in [0.4, 0.5) is 0 Å². The van der Waals surface area contributed by atoms with Crippen LogP contribution in [0, 0.1) is 5.92 Å². The topological polar surface area (TPSA) is 21.6 Å². The van der Waals surface area contributed by atoms with Gasteiger partial charge < -0.3 is 4.74 Å². The van der Waals surface area contributed by atoms with E-state index in [0.717, 1.165) is 25.1 Å². The zero-order chi connectivity index (χ0) is 10.1. The van der Waals surface area contributed by atoms with Gasteiger partial charge in [0.2, 0.25) is 0 Å². The average molecular weight is 183 g/mol. The molecule has 0 aromatic rings. The molecule has 2 heteroatoms. The third-order valence-electron chi connectivity index (χ3n) is 2.05. The Bertz CT molecular complexity index is 163. The highest BCUT2D eigenvalue weighted by atomic mass is 16.5. The van der Waals surface area contributed by atoms with E-state index in [1.54, 1.807) is 0 Å². The van der Waals surface area contributed by atoms with Crippen molar-refractivity contribution in [3.05, 3.63) is 12.3 Å². The minimum Gasteiger partial charge on any atom is -0.451 e. The molecule has 0 heterocycles. The number of rotatable bonds is 7. The molecule has 0 spiro atoms. The normalized spacial score (nSPS) is 13.2. The first-order chi connectivity index (χ1) is 6.26. The van der Waals surface area contributed by atoms with Crippen molar-refractivity contribution in [3.63, 3.8) is 0 Å². The summed E-state index contributed by atoms with van der Waals surface area (Å²) in [5.74, 6) is 1.33. The maximum absolute atomic E-state index is 5.30. The molecule has 1 unspecified atom stereocenters. The second-order valence-corrected chi connectivity index (χ2v) is 3.08. The number of aliphatic imine (C=N–C) groups is 1. The third kappa shape index (κ3) is 5.45. The Morgan fingerprint density at radius 1 is 1.46 bits per heavy atom. The predicted molar refractivity (Wildman–Crippen MR) is 57.9 cm³/mol. The lowest BCUT2D eigenvalue weighted by atomic mass is 9.99. The van der Waals surface area contributed by atoms with Crippen LogP contribution in [0.15, 0.2) is 17.3 Å². The van der Waals surface area contributed by atoms with Gasteiger partial charge in [-0.25, -0.2) is 0 Å². The molecule has 0 radical (unpaired) electrons. The van der Waals surface area contributed by atoms with E-state index in [1.165, 1.54) is 12.8 Å². The first-order valence-electron chi connectivity index (χ1n) is 5.09. The fraction of sp³-hybridized carbons (Fsp3) is 0.727. The largest absolute Gasteiger partial charge is 0.451 e. The standard InChI is InChI=1S/C11H21NO/c1-5-8-11(6-2)10(4)13-9-12-7-3/h9,11H,4-8H2,1-3H3/b12-9-. The third-order valence-corrected chi connectivity index (χ3v) is 2.05. The predicted octanol–water partition coefficient (Wildman–Crippen LogP) is 3.39. The Labute approximate surface area is 81.7 Å². The summed E-state index contributed by atoms with van der Waals surface area (Å²) in [4.78, 5) is 3.98. The molecule has 0 aromatic heterocycles. The van der Waals surface area contributed by atoms with E-state index in [0.29, 0.717) is 5.92 Å². The van der Waals surface area contributed by atoms with Gasteiger partial charge in [-0.15, -0.1) is 0 Å². The Balaban J connectivity index is 3.83. The van der Waals surface area contributed by atoms with E-state index in [4.69, 9.17) is 4.74 Å². The van der Waals surface area contributed by atoms with E-state index >= 15 is 0 Å². The van der Waals surface area contributed by atoms with Crippen molar-refractivity contribution in [1.29, 1.82) is 0 Å². The van der Waals surface area contributed by atoms with Crippen molar-refractivity contribution in [2.45, 2.75) is 40.0 Å². The van der Waals surface area contributed by atoms with Crippen molar-refractivity contribution in [1.82, 2.24) is 0 Å². The molecule has 0 rings (SSSR count). The molecule has 13 heavy (non-hydrogen) atoms. The van der Waals surface area contributed by atoms with Gasteiger partial charge in [0.1, 0.15) is 5.76 Å². The maximum Gasteiger partial charge on any atom is 0.176 e. The average Bonchev–Trinajstić information content (AvgIpc) is 2.14. The monoisotopic (exact) mass is 183 g/mol. The molecular weight excluding hydrogens is 162 g/mol. The molecule has 76 valence electrons. The molecule has 0 aliphatic heterocycles. The molecule has 0 aliphatic carbocycles. The Hall–Kier alpha value is -0.790. The van der Waals surface area contributed by atoms with Crippen molar-refractivity contribution in [2.75, 3.05) is 6.54 Å². The van der Waals surface area contributed by atoms with Crippen molar-refractivity contribution in [3.8, 4) is 0 Å². The van der Waals surface area contributed by atoms with Crippen molar-refractivity contribution >= 4 is 6.40 Å². The molecule has 0 saturated carbocycles. The Kier molecular flexibility index (Phi) is 7.36. The fourth-order valence-electron chi connectivity index (χ4n) is 1.22. The molecule has 0 aromatic carbocycles. The molecule has 0 fully saturated rings. The number of hydrogen-bond acceptors (Lipinski definition) is 2. The van der Waals surface area contributed by atoms with Crippen molar-refractivity contribution in [2.24, 2.45) is 10.9 Å². The lowest BCUT2D eigenvalue weighted by Gasteiger charge is -2.14. The van der Waals surface area contributed by atoms with Crippen LogP contribution in [-0.2, 0) is 4.74 Å². The summed E-state index contributed by atoms with van der Waals surface area (Å²) in [6.07, 6.45) is 4.91. The van der Waals surface area contributed by atoms with Crippen LogP contribution in [0.2, 0.25) is 0 Å². The van der Waals surface area contributed by atoms with Gasteiger partial charge in [0.05, 0.1) is 0 Å². The number of allylic oxidation sites excluding steroid dienone is 1. The Morgan fingerprint density at radius 3 is 2.62 bits per heavy atom. The van der Waals surface area contributed by atoms with E-state index in [9.17, 15) is 0 Å². The van der Waals surface area contributed by atoms with E-state index in [2.05, 4.69) is 25.4 Å². The quantitative estimate of drug-likeness (QED) is 0.337. The number of nitrogens with zero attached hydrogens (tertiary/aromatic N) is 1. The fourth-order valence-corrected chi connectivity index (χ4v) is 1.22. The van der Waals surface area contributed by atoms with Crippen LogP contribution < -0.4 is 0 Å². The molecule has 0 saturated heterocycles. The minimum absolute atomic E-state index is 0.480. The number of ether oxygens (including phenoxy) is 1. The van der Waals surface area contributed by atoms with Crippen LogP contribution in [-0.4, -0.2) is 12.9 Å². The highest BCUT2D eigenvalue weighted by molar-refractivity contribution is 5.48. The molecule has 0 aliphatic rings. The zero-order valence-electron chi connectivity index (χ0n) is 9.05. The summed E-state index contributed by atoms with van der Waals surface area (Å²) in [6.45, 7) is 11.0. The summed E-state index contributed by atoms with van der Waals surface area (Å²) in [5.41, 5.74) is 0. The van der Waals surface area contributed by atoms with E-state index in [-0.39, 0.29) is 0 Å². The smallest absolute Gasteiger partial charge is 0.176 e. The maximum atomic E-state index is 5.30. The zero-order valence-corrected chi connectivity index (χ0v) is 9.05. The van der Waals surface area contributed by atoms with Gasteiger partial charge in [0, 0.05) is 12.5 Å². The summed E-state index contributed by atoms with van der Waals surface area (Å²) >= 11 is 0. The first-order valence-corrected chi connectivity index (χ1v) is 5.09. The molecule has 0 amide bonds. The lowest BCUT2D eigenvalue weighted by Crippen LogP contribution is -2.04. The molecule has 0 N–H and O–H groups in total. The summed E-state index contributed by atoms with van der Waals surface area (Å²) in [6, 6.07) is 0. The van der Waals surface area contributed by atoms with Gasteiger partial charge in [0.15, 0.2) is 6.40 Å². The lowest BCUT2D eigenvalue weighted by molar-refractivity contribution is 0.331. The number of hydrogen-bond donors (Lipinski definition) is 0. The van der Waals surface area contributed by atoms with Crippen LogP contribution in [0.5, 0.6) is 0 Å². The van der Waals surface area contributed by atoms with E-state index in [1.807, 2.05) is 6.92 Å². The van der Waals surface area contributed by atoms with Gasteiger partial charge in [0.25, 0.3) is 0 Å². The molecular formula is C11H21NO. The highest BCUT2D eigenvalue weighted by Crippen LogP contribution is 2.19. The second kappa shape index (κ2) is 7.84. The Morgan fingerprint density at radius 2 is 2.15 bits per heavy atom. The summed E-state index contributed by atoms with van der Waals surface area (Å²) in [5, 5.41) is 0. The minimum atomic E-state index is 0.480. The molecule has 0 bridgehead atoms. The molecule has 2 nitrogen and oxygen atoms in total. The van der Waals surface area contributed by atoms with E-state index < -0.39 is 0 Å². The van der Waals surface area contributed by atoms with Gasteiger partial charge in [-0.3, -0.25) is 4.99 Å². The summed E-state index contributed by atoms with van der Waals surface area (Å²) in [7, 11) is 0. The van der Waals surface area contributed by atoms with Gasteiger partial charge in [-0.2, -0.15) is 0 Å². The SMILES string of the molecule is C=C(O/C=N\CC)C(CC)CCC. The van der Waals surface area contributed by atoms with Crippen LogP contribution in [0.1, 0.15) is 40.0 Å². The van der Waals surface area contributed by atoms with Crippen molar-refractivity contribution < 1.29 is 4.74 Å². The second-order valence-electron chi connectivity index (χ2n) is 3.08. The van der Waals surface area contributed by atoms with Crippen LogP contribution in [0.3, 0.4) is 0 Å². The van der Waals surface area contributed by atoms with Gasteiger partial charge >= 0.3 is 0 Å². The van der Waals surface area contributed by atoms with Crippen LogP contribution in [0.25, 0.3) is 0 Å². The van der Waals surface area contributed by atoms with Crippen LogP contribution >= 0.6 is 0 Å². The first kappa shape index (κ1) is 12.2. The summed E-state index contributed by atoms with van der Waals surface area (Å²) < 4.78 is 5.30. The van der Waals surface area contributed by atoms with Gasteiger partial charge in [-0.1, -0.05) is 26.8 Å². The highest BCUT2D eigenvalue weighted by Gasteiger charge is 2.09.